The van der Waals surface area contributed by atoms with Gasteiger partial charge in [0.2, 0.25) is 5.91 Å². The lowest BCUT2D eigenvalue weighted by Crippen LogP contribution is -2.30. The number of carbonyl (C=O) groups excluding carboxylic acids is 1. The maximum atomic E-state index is 11.9. The molecule has 1 N–H and O–H groups in total. The van der Waals surface area contributed by atoms with Gasteiger partial charge in [-0.1, -0.05) is 19.1 Å². The Balaban J connectivity index is 2.39. The minimum Gasteiger partial charge on any atom is -0.497 e. The standard InChI is InChI=1S/C16H18N2O2S/c1-3-7-21-16-14(10-17)13(9-15(19)18-16)11-5-4-6-12(8-11)20-2/h4-6,8,13H,3,7,9H2,1-2H3,(H,18,19)/t13-/m1/s1. The van der Waals surface area contributed by atoms with Crippen molar-refractivity contribution in [3.8, 4) is 11.8 Å². The lowest BCUT2D eigenvalue weighted by atomic mass is 9.87. The van der Waals surface area contributed by atoms with Gasteiger partial charge >= 0.3 is 0 Å². The molecule has 0 radical (unpaired) electrons. The zero-order valence-electron chi connectivity index (χ0n) is 12.2. The molecule has 0 saturated heterocycles. The molecule has 110 valence electrons. The van der Waals surface area contributed by atoms with E-state index in [0.717, 1.165) is 23.5 Å². The van der Waals surface area contributed by atoms with Crippen LogP contribution in [0.4, 0.5) is 0 Å². The van der Waals surface area contributed by atoms with E-state index in [1.54, 1.807) is 7.11 Å². The molecular formula is C16H18N2O2S. The number of benzene rings is 1. The number of carbonyl (C=O) groups is 1. The van der Waals surface area contributed by atoms with E-state index in [0.29, 0.717) is 17.0 Å². The summed E-state index contributed by atoms with van der Waals surface area (Å²) in [6.45, 7) is 2.07. The Kier molecular flexibility index (Phi) is 5.29. The number of nitrogens with one attached hydrogen (secondary N) is 1. The molecule has 1 aliphatic heterocycles. The summed E-state index contributed by atoms with van der Waals surface area (Å²) >= 11 is 1.54. The Hall–Kier alpha value is -1.93. The van der Waals surface area contributed by atoms with Gasteiger partial charge in [0.1, 0.15) is 5.75 Å². The normalized spacial score (nSPS) is 18.1. The minimum absolute atomic E-state index is 0.0413. The molecule has 0 saturated carbocycles. The Morgan fingerprint density at radius 1 is 1.52 bits per heavy atom. The summed E-state index contributed by atoms with van der Waals surface area (Å²) < 4.78 is 5.23. The molecule has 0 bridgehead atoms. The van der Waals surface area contributed by atoms with Gasteiger partial charge in [-0.3, -0.25) is 4.79 Å². The topological polar surface area (TPSA) is 62.1 Å². The molecule has 0 aromatic heterocycles. The Labute approximate surface area is 129 Å². The van der Waals surface area contributed by atoms with Gasteiger partial charge in [-0.15, -0.1) is 11.8 Å². The van der Waals surface area contributed by atoms with Gasteiger partial charge in [0.05, 0.1) is 23.8 Å². The molecule has 21 heavy (non-hydrogen) atoms. The molecule has 5 heteroatoms. The number of amides is 1. The zero-order valence-corrected chi connectivity index (χ0v) is 13.0. The molecule has 0 aliphatic carbocycles. The molecule has 1 aromatic carbocycles. The highest BCUT2D eigenvalue weighted by atomic mass is 32.2. The van der Waals surface area contributed by atoms with Crippen LogP contribution in [0.3, 0.4) is 0 Å². The summed E-state index contributed by atoms with van der Waals surface area (Å²) in [6.07, 6.45) is 1.29. The number of allylic oxidation sites excluding steroid dienone is 1. The van der Waals surface area contributed by atoms with Gasteiger partial charge in [-0.2, -0.15) is 5.26 Å². The molecule has 0 fully saturated rings. The third-order valence-electron chi connectivity index (χ3n) is 3.30. The molecule has 4 nitrogen and oxygen atoms in total. The monoisotopic (exact) mass is 302 g/mol. The second kappa shape index (κ2) is 7.19. The van der Waals surface area contributed by atoms with Crippen molar-refractivity contribution in [1.82, 2.24) is 5.32 Å². The highest BCUT2D eigenvalue weighted by molar-refractivity contribution is 8.03. The minimum atomic E-state index is -0.196. The number of nitriles is 1. The first-order chi connectivity index (χ1) is 10.2. The van der Waals surface area contributed by atoms with Crippen molar-refractivity contribution in [2.24, 2.45) is 0 Å². The summed E-state index contributed by atoms with van der Waals surface area (Å²) in [5.74, 6) is 1.38. The van der Waals surface area contributed by atoms with Gasteiger partial charge in [-0.25, -0.2) is 0 Å². The van der Waals surface area contributed by atoms with E-state index in [9.17, 15) is 10.1 Å². The molecule has 1 aromatic rings. The number of rotatable bonds is 5. The summed E-state index contributed by atoms with van der Waals surface area (Å²) in [6, 6.07) is 9.84. The molecular weight excluding hydrogens is 284 g/mol. The van der Waals surface area contributed by atoms with Crippen LogP contribution in [0.15, 0.2) is 34.9 Å². The average molecular weight is 302 g/mol. The predicted molar refractivity (Wildman–Crippen MR) is 83.9 cm³/mol. The molecule has 0 unspecified atom stereocenters. The fourth-order valence-corrected chi connectivity index (χ4v) is 3.22. The summed E-state index contributed by atoms with van der Waals surface area (Å²) in [7, 11) is 1.61. The van der Waals surface area contributed by atoms with Crippen molar-refractivity contribution in [2.75, 3.05) is 12.9 Å². The van der Waals surface area contributed by atoms with Crippen LogP contribution in [0.1, 0.15) is 31.2 Å². The fraction of sp³-hybridized carbons (Fsp3) is 0.375. The smallest absolute Gasteiger partial charge is 0.225 e. The van der Waals surface area contributed by atoms with Gasteiger partial charge in [-0.05, 0) is 29.9 Å². The Morgan fingerprint density at radius 3 is 3.00 bits per heavy atom. The van der Waals surface area contributed by atoms with E-state index in [2.05, 4.69) is 18.3 Å². The first kappa shape index (κ1) is 15.5. The lowest BCUT2D eigenvalue weighted by molar-refractivity contribution is -0.120. The van der Waals surface area contributed by atoms with Crippen LogP contribution < -0.4 is 10.1 Å². The molecule has 0 spiro atoms. The third kappa shape index (κ3) is 3.59. The quantitative estimate of drug-likeness (QED) is 0.907. The van der Waals surface area contributed by atoms with E-state index >= 15 is 0 Å². The van der Waals surface area contributed by atoms with Crippen molar-refractivity contribution < 1.29 is 9.53 Å². The largest absolute Gasteiger partial charge is 0.497 e. The van der Waals surface area contributed by atoms with Crippen molar-refractivity contribution >= 4 is 17.7 Å². The predicted octanol–water partition coefficient (Wildman–Crippen LogP) is 3.18. The number of thioether (sulfide) groups is 1. The maximum absolute atomic E-state index is 11.9. The van der Waals surface area contributed by atoms with Crippen LogP contribution in [0, 0.1) is 11.3 Å². The van der Waals surface area contributed by atoms with Crippen molar-refractivity contribution in [1.29, 1.82) is 5.26 Å². The number of nitrogens with zero attached hydrogens (tertiary/aromatic N) is 1. The van der Waals surface area contributed by atoms with Crippen LogP contribution in [-0.2, 0) is 4.79 Å². The van der Waals surface area contributed by atoms with Crippen molar-refractivity contribution in [3.63, 3.8) is 0 Å². The molecule has 1 atom stereocenters. The second-order valence-corrected chi connectivity index (χ2v) is 5.89. The second-order valence-electron chi connectivity index (χ2n) is 4.78. The Bertz CT molecular complexity index is 605. The van der Waals surface area contributed by atoms with E-state index in [1.807, 2.05) is 24.3 Å². The Morgan fingerprint density at radius 2 is 2.33 bits per heavy atom. The lowest BCUT2D eigenvalue weighted by Gasteiger charge is -2.25. The number of hydrogen-bond acceptors (Lipinski definition) is 4. The maximum Gasteiger partial charge on any atom is 0.225 e. The first-order valence-corrected chi connectivity index (χ1v) is 7.89. The summed E-state index contributed by atoms with van der Waals surface area (Å²) in [5.41, 5.74) is 1.58. The third-order valence-corrected chi connectivity index (χ3v) is 4.53. The molecule has 2 rings (SSSR count). The molecule has 1 amide bonds. The van der Waals surface area contributed by atoms with Gasteiger partial charge < -0.3 is 10.1 Å². The zero-order chi connectivity index (χ0) is 15.2. The van der Waals surface area contributed by atoms with Crippen LogP contribution in [0.5, 0.6) is 5.75 Å². The van der Waals surface area contributed by atoms with Crippen LogP contribution in [0.2, 0.25) is 0 Å². The van der Waals surface area contributed by atoms with Crippen LogP contribution in [0.25, 0.3) is 0 Å². The highest BCUT2D eigenvalue weighted by Gasteiger charge is 2.29. The summed E-state index contributed by atoms with van der Waals surface area (Å²) in [4.78, 5) is 11.9. The van der Waals surface area contributed by atoms with E-state index in [4.69, 9.17) is 4.74 Å². The van der Waals surface area contributed by atoms with E-state index < -0.39 is 0 Å². The van der Waals surface area contributed by atoms with Gasteiger partial charge in [0, 0.05) is 12.3 Å². The number of methoxy groups -OCH3 is 1. The van der Waals surface area contributed by atoms with Crippen LogP contribution >= 0.6 is 11.8 Å². The fourth-order valence-electron chi connectivity index (χ4n) is 2.28. The average Bonchev–Trinajstić information content (AvgIpc) is 2.52. The van der Waals surface area contributed by atoms with Gasteiger partial charge in [0.25, 0.3) is 0 Å². The van der Waals surface area contributed by atoms with E-state index in [1.165, 1.54) is 11.8 Å². The molecule has 1 heterocycles. The summed E-state index contributed by atoms with van der Waals surface area (Å²) in [5, 5.41) is 13.0. The van der Waals surface area contributed by atoms with Gasteiger partial charge in [0.15, 0.2) is 0 Å². The molecule has 1 aliphatic rings. The van der Waals surface area contributed by atoms with Crippen molar-refractivity contribution in [2.45, 2.75) is 25.7 Å². The van der Waals surface area contributed by atoms with E-state index in [-0.39, 0.29) is 11.8 Å². The SMILES string of the molecule is CCCSC1=C(C#N)[C@@H](c2cccc(OC)c2)CC(=O)N1. The number of ether oxygens (including phenoxy) is 1. The first-order valence-electron chi connectivity index (χ1n) is 6.90. The van der Waals surface area contributed by atoms with Crippen molar-refractivity contribution in [3.05, 3.63) is 40.4 Å². The van der Waals surface area contributed by atoms with Crippen LogP contribution in [-0.4, -0.2) is 18.8 Å². The number of hydrogen-bond donors (Lipinski definition) is 1. The highest BCUT2D eigenvalue weighted by Crippen LogP contribution is 2.36.